The van der Waals surface area contributed by atoms with Gasteiger partial charge in [-0.15, -0.1) is 0 Å². The van der Waals surface area contributed by atoms with Crippen molar-refractivity contribution in [2.24, 2.45) is 0 Å². The van der Waals surface area contributed by atoms with E-state index in [1.807, 2.05) is 0 Å². The molecule has 0 saturated heterocycles. The minimum Gasteiger partial charge on any atom is -0.310 e. The highest BCUT2D eigenvalue weighted by Crippen LogP contribution is 2.50. The molecule has 0 amide bonds. The third-order valence-electron chi connectivity index (χ3n) is 8.84. The molecule has 0 fully saturated rings. The molecule has 40 heavy (non-hydrogen) atoms. The molecule has 0 atom stereocenters. The molecule has 0 heterocycles. The predicted octanol–water partition coefficient (Wildman–Crippen LogP) is 10.4. The predicted molar refractivity (Wildman–Crippen MR) is 169 cm³/mol. The molecular weight excluding hydrogens is 482 g/mol. The summed E-state index contributed by atoms with van der Waals surface area (Å²) in [6, 6.07) is 41.2. The summed E-state index contributed by atoms with van der Waals surface area (Å²) < 4.78 is 0. The van der Waals surface area contributed by atoms with Crippen LogP contribution in [0.4, 0.5) is 17.1 Å². The first-order valence-corrected chi connectivity index (χ1v) is 14.3. The first kappa shape index (κ1) is 23.3. The van der Waals surface area contributed by atoms with Gasteiger partial charge in [0.2, 0.25) is 0 Å². The Hall–Kier alpha value is -4.62. The van der Waals surface area contributed by atoms with Crippen LogP contribution in [-0.2, 0) is 12.8 Å². The fraction of sp³-hybridized carbons (Fsp3) is 0.128. The SMILES string of the molecule is Cc1ccc(N(c2ccc(C)cc2)c2cc3c(c4ccccc24)-c2cc4c(cc2C3)-c2ccc(C)cc2C4)cc1. The second kappa shape index (κ2) is 8.69. The standard InChI is InChI=1S/C39H31N/c1-24-8-13-31(14-9-24)40(32-15-10-25(2)11-16-32)38-23-30-20-29-21-36-28(19-27-18-26(3)12-17-33(27)36)22-37(29)39(30)35-7-5-4-6-34(35)38/h4-18,21-23H,19-20H2,1-3H3. The third-order valence-corrected chi connectivity index (χ3v) is 8.84. The molecule has 0 aliphatic heterocycles. The summed E-state index contributed by atoms with van der Waals surface area (Å²) in [5, 5.41) is 2.62. The first-order chi connectivity index (χ1) is 19.5. The van der Waals surface area contributed by atoms with E-state index in [-0.39, 0.29) is 0 Å². The second-order valence-corrected chi connectivity index (χ2v) is 11.7. The Morgan fingerprint density at radius 1 is 0.450 bits per heavy atom. The van der Waals surface area contributed by atoms with Crippen molar-refractivity contribution >= 4 is 27.8 Å². The molecule has 8 rings (SSSR count). The zero-order valence-electron chi connectivity index (χ0n) is 23.3. The van der Waals surface area contributed by atoms with Crippen molar-refractivity contribution in [3.05, 3.63) is 148 Å². The molecule has 6 aromatic rings. The summed E-state index contributed by atoms with van der Waals surface area (Å²) in [6.45, 7) is 6.50. The van der Waals surface area contributed by atoms with Crippen LogP contribution in [0.1, 0.15) is 38.9 Å². The molecule has 0 N–H and O–H groups in total. The van der Waals surface area contributed by atoms with Gasteiger partial charge in [0.25, 0.3) is 0 Å². The van der Waals surface area contributed by atoms with E-state index in [9.17, 15) is 0 Å². The maximum absolute atomic E-state index is 2.50. The van der Waals surface area contributed by atoms with Gasteiger partial charge >= 0.3 is 0 Å². The Kier molecular flexibility index (Phi) is 5.06. The molecule has 2 aliphatic rings. The van der Waals surface area contributed by atoms with Gasteiger partial charge in [-0.3, -0.25) is 0 Å². The summed E-state index contributed by atoms with van der Waals surface area (Å²) in [5.74, 6) is 0. The average molecular weight is 514 g/mol. The van der Waals surface area contributed by atoms with Gasteiger partial charge < -0.3 is 4.90 Å². The Morgan fingerprint density at radius 3 is 1.70 bits per heavy atom. The molecule has 1 heteroatoms. The number of benzene rings is 6. The molecule has 0 spiro atoms. The van der Waals surface area contributed by atoms with E-state index in [1.54, 1.807) is 0 Å². The van der Waals surface area contributed by atoms with Crippen molar-refractivity contribution in [1.29, 1.82) is 0 Å². The molecule has 6 aromatic carbocycles. The number of hydrogen-bond donors (Lipinski definition) is 0. The van der Waals surface area contributed by atoms with Crippen LogP contribution < -0.4 is 4.90 Å². The van der Waals surface area contributed by atoms with E-state index in [4.69, 9.17) is 0 Å². The van der Waals surface area contributed by atoms with Gasteiger partial charge in [-0.25, -0.2) is 0 Å². The number of anilines is 3. The summed E-state index contributed by atoms with van der Waals surface area (Å²) >= 11 is 0. The lowest BCUT2D eigenvalue weighted by Crippen LogP contribution is -2.11. The molecule has 192 valence electrons. The largest absolute Gasteiger partial charge is 0.310 e. The van der Waals surface area contributed by atoms with Gasteiger partial charge in [-0.2, -0.15) is 0 Å². The summed E-state index contributed by atoms with van der Waals surface area (Å²) in [7, 11) is 0. The molecule has 0 bridgehead atoms. The summed E-state index contributed by atoms with van der Waals surface area (Å²) in [4.78, 5) is 2.43. The number of hydrogen-bond acceptors (Lipinski definition) is 1. The maximum atomic E-state index is 2.50. The van der Waals surface area contributed by atoms with Crippen LogP contribution in [0.15, 0.2) is 109 Å². The minimum atomic E-state index is 0.965. The van der Waals surface area contributed by atoms with Crippen LogP contribution in [0, 0.1) is 20.8 Å². The van der Waals surface area contributed by atoms with Crippen molar-refractivity contribution in [2.45, 2.75) is 33.6 Å². The quantitative estimate of drug-likeness (QED) is 0.227. The zero-order valence-corrected chi connectivity index (χ0v) is 23.3. The molecule has 0 saturated carbocycles. The molecule has 2 aliphatic carbocycles. The Bertz CT molecular complexity index is 1910. The van der Waals surface area contributed by atoms with Gasteiger partial charge in [-0.05, 0) is 126 Å². The first-order valence-electron chi connectivity index (χ1n) is 14.3. The molecule has 0 aromatic heterocycles. The van der Waals surface area contributed by atoms with Crippen LogP contribution in [0.5, 0.6) is 0 Å². The molecule has 0 radical (unpaired) electrons. The number of rotatable bonds is 3. The lowest BCUT2D eigenvalue weighted by Gasteiger charge is -2.28. The zero-order chi connectivity index (χ0) is 27.0. The Balaban J connectivity index is 1.34. The molecular formula is C39H31N. The number of fused-ring (bicyclic) bond motifs is 8. The van der Waals surface area contributed by atoms with Gasteiger partial charge in [0.15, 0.2) is 0 Å². The van der Waals surface area contributed by atoms with Crippen molar-refractivity contribution in [3.63, 3.8) is 0 Å². The average Bonchev–Trinajstić information content (AvgIpc) is 3.50. The monoisotopic (exact) mass is 513 g/mol. The van der Waals surface area contributed by atoms with Gasteiger partial charge in [0.05, 0.1) is 5.69 Å². The van der Waals surface area contributed by atoms with E-state index >= 15 is 0 Å². The molecule has 1 nitrogen and oxygen atoms in total. The summed E-state index contributed by atoms with van der Waals surface area (Å²) in [5.41, 5.74) is 18.9. The van der Waals surface area contributed by atoms with Crippen molar-refractivity contribution in [1.82, 2.24) is 0 Å². The number of nitrogens with zero attached hydrogens (tertiary/aromatic N) is 1. The smallest absolute Gasteiger partial charge is 0.0543 e. The van der Waals surface area contributed by atoms with E-state index in [0.717, 1.165) is 12.8 Å². The third kappa shape index (κ3) is 3.54. The highest BCUT2D eigenvalue weighted by atomic mass is 15.1. The van der Waals surface area contributed by atoms with E-state index < -0.39 is 0 Å². The van der Waals surface area contributed by atoms with Gasteiger partial charge in [0.1, 0.15) is 0 Å². The van der Waals surface area contributed by atoms with Crippen molar-refractivity contribution in [3.8, 4) is 22.3 Å². The van der Waals surface area contributed by atoms with Gasteiger partial charge in [0, 0.05) is 16.8 Å². The maximum Gasteiger partial charge on any atom is 0.0543 e. The van der Waals surface area contributed by atoms with Crippen molar-refractivity contribution in [2.75, 3.05) is 4.90 Å². The Morgan fingerprint density at radius 2 is 1.00 bits per heavy atom. The topological polar surface area (TPSA) is 3.24 Å². The van der Waals surface area contributed by atoms with Crippen LogP contribution in [0.3, 0.4) is 0 Å². The van der Waals surface area contributed by atoms with E-state index in [0.29, 0.717) is 0 Å². The van der Waals surface area contributed by atoms with Crippen LogP contribution in [0.25, 0.3) is 33.0 Å². The highest BCUT2D eigenvalue weighted by Gasteiger charge is 2.28. The highest BCUT2D eigenvalue weighted by molar-refractivity contribution is 6.09. The fourth-order valence-electron chi connectivity index (χ4n) is 6.88. The van der Waals surface area contributed by atoms with E-state index in [1.165, 1.54) is 89.0 Å². The lowest BCUT2D eigenvalue weighted by atomic mass is 9.94. The summed E-state index contributed by atoms with van der Waals surface area (Å²) in [6.07, 6.45) is 1.99. The van der Waals surface area contributed by atoms with Crippen LogP contribution in [0.2, 0.25) is 0 Å². The second-order valence-electron chi connectivity index (χ2n) is 11.7. The van der Waals surface area contributed by atoms with Crippen LogP contribution in [-0.4, -0.2) is 0 Å². The van der Waals surface area contributed by atoms with E-state index in [2.05, 4.69) is 135 Å². The Labute approximate surface area is 236 Å². The number of aryl methyl sites for hydroxylation is 3. The fourth-order valence-corrected chi connectivity index (χ4v) is 6.88. The van der Waals surface area contributed by atoms with Crippen LogP contribution >= 0.6 is 0 Å². The lowest BCUT2D eigenvalue weighted by molar-refractivity contribution is 1.23. The minimum absolute atomic E-state index is 0.965. The molecule has 0 unspecified atom stereocenters. The normalized spacial score (nSPS) is 12.7. The van der Waals surface area contributed by atoms with Crippen molar-refractivity contribution < 1.29 is 0 Å². The van der Waals surface area contributed by atoms with Gasteiger partial charge in [-0.1, -0.05) is 83.4 Å².